The van der Waals surface area contributed by atoms with Crippen LogP contribution in [0.3, 0.4) is 0 Å². The van der Waals surface area contributed by atoms with Crippen LogP contribution in [0.2, 0.25) is 0 Å². The first kappa shape index (κ1) is 14.1. The molecule has 2 aromatic rings. The van der Waals surface area contributed by atoms with Gasteiger partial charge in [-0.1, -0.05) is 18.2 Å². The van der Waals surface area contributed by atoms with E-state index in [4.69, 9.17) is 14.2 Å². The zero-order chi connectivity index (χ0) is 15.2. The van der Waals surface area contributed by atoms with Gasteiger partial charge in [0.1, 0.15) is 12.4 Å². The summed E-state index contributed by atoms with van der Waals surface area (Å²) in [7, 11) is 0. The molecule has 0 aromatic heterocycles. The Morgan fingerprint density at radius 1 is 1.09 bits per heavy atom. The normalized spacial score (nSPS) is 11.8. The van der Waals surface area contributed by atoms with E-state index in [2.05, 4.69) is 10.6 Å². The van der Waals surface area contributed by atoms with Crippen LogP contribution in [-0.4, -0.2) is 26.0 Å². The number of ether oxygens (including phenoxy) is 3. The number of carbonyl (C=O) groups excluding carboxylic acids is 1. The van der Waals surface area contributed by atoms with Crippen molar-refractivity contribution in [3.63, 3.8) is 0 Å². The molecule has 0 aliphatic carbocycles. The Morgan fingerprint density at radius 3 is 2.77 bits per heavy atom. The fourth-order valence-electron chi connectivity index (χ4n) is 2.00. The van der Waals surface area contributed by atoms with Crippen LogP contribution >= 0.6 is 0 Å². The van der Waals surface area contributed by atoms with Gasteiger partial charge in [-0.2, -0.15) is 0 Å². The van der Waals surface area contributed by atoms with E-state index in [1.54, 1.807) is 18.2 Å². The highest BCUT2D eigenvalue weighted by Crippen LogP contribution is 2.34. The standard InChI is InChI=1S/C16H16N2O4/c19-16(18-12-4-2-1-3-5-12)17-8-9-20-13-6-7-14-15(10-13)22-11-21-14/h1-7,10H,8-9,11H2,(H2,17,18,19). The van der Waals surface area contributed by atoms with E-state index in [9.17, 15) is 4.79 Å². The summed E-state index contributed by atoms with van der Waals surface area (Å²) in [6.45, 7) is 0.995. The topological polar surface area (TPSA) is 68.8 Å². The number of hydrogen-bond donors (Lipinski definition) is 2. The van der Waals surface area contributed by atoms with Gasteiger partial charge in [0.25, 0.3) is 0 Å². The Bertz CT molecular complexity index is 646. The largest absolute Gasteiger partial charge is 0.492 e. The molecule has 6 nitrogen and oxygen atoms in total. The van der Waals surface area contributed by atoms with Crippen molar-refractivity contribution in [3.8, 4) is 17.2 Å². The molecule has 0 saturated heterocycles. The van der Waals surface area contributed by atoms with E-state index in [0.29, 0.717) is 30.4 Å². The van der Waals surface area contributed by atoms with Gasteiger partial charge in [-0.05, 0) is 24.3 Å². The minimum Gasteiger partial charge on any atom is -0.492 e. The Labute approximate surface area is 128 Å². The third-order valence-electron chi connectivity index (χ3n) is 3.03. The van der Waals surface area contributed by atoms with Gasteiger partial charge >= 0.3 is 6.03 Å². The van der Waals surface area contributed by atoms with Gasteiger partial charge in [0.05, 0.1) is 6.54 Å². The number of urea groups is 1. The number of fused-ring (bicyclic) bond motifs is 1. The number of nitrogens with one attached hydrogen (secondary N) is 2. The van der Waals surface area contributed by atoms with Crippen molar-refractivity contribution in [2.75, 3.05) is 25.3 Å². The van der Waals surface area contributed by atoms with Crippen molar-refractivity contribution in [1.82, 2.24) is 5.32 Å². The summed E-state index contributed by atoms with van der Waals surface area (Å²) >= 11 is 0. The Morgan fingerprint density at radius 2 is 1.91 bits per heavy atom. The molecular weight excluding hydrogens is 284 g/mol. The van der Waals surface area contributed by atoms with Gasteiger partial charge in [-0.15, -0.1) is 0 Å². The molecule has 3 rings (SSSR count). The zero-order valence-electron chi connectivity index (χ0n) is 11.9. The Balaban J connectivity index is 1.39. The summed E-state index contributed by atoms with van der Waals surface area (Å²) in [6, 6.07) is 14.4. The highest BCUT2D eigenvalue weighted by molar-refractivity contribution is 5.89. The number of anilines is 1. The maximum atomic E-state index is 11.7. The molecule has 2 aromatic carbocycles. The van der Waals surface area contributed by atoms with Crippen LogP contribution in [0.25, 0.3) is 0 Å². The quantitative estimate of drug-likeness (QED) is 0.833. The van der Waals surface area contributed by atoms with Crippen LogP contribution in [0.4, 0.5) is 10.5 Å². The fourth-order valence-corrected chi connectivity index (χ4v) is 2.00. The maximum Gasteiger partial charge on any atom is 0.319 e. The van der Waals surface area contributed by atoms with E-state index in [1.165, 1.54) is 0 Å². The molecule has 6 heteroatoms. The summed E-state index contributed by atoms with van der Waals surface area (Å²) < 4.78 is 16.0. The molecule has 0 radical (unpaired) electrons. The highest BCUT2D eigenvalue weighted by Gasteiger charge is 2.13. The maximum absolute atomic E-state index is 11.7. The number of hydrogen-bond acceptors (Lipinski definition) is 4. The van der Waals surface area contributed by atoms with Gasteiger partial charge in [0, 0.05) is 11.8 Å². The number of carbonyl (C=O) groups is 1. The zero-order valence-corrected chi connectivity index (χ0v) is 11.9. The van der Waals surface area contributed by atoms with Crippen molar-refractivity contribution in [2.45, 2.75) is 0 Å². The van der Waals surface area contributed by atoms with Gasteiger partial charge in [0.15, 0.2) is 11.5 Å². The molecule has 22 heavy (non-hydrogen) atoms. The van der Waals surface area contributed by atoms with Crippen LogP contribution in [0.5, 0.6) is 17.2 Å². The molecule has 1 heterocycles. The second kappa shape index (κ2) is 6.71. The summed E-state index contributed by atoms with van der Waals surface area (Å²) in [6.07, 6.45) is 0. The minimum atomic E-state index is -0.263. The predicted molar refractivity (Wildman–Crippen MR) is 81.5 cm³/mol. The molecule has 0 spiro atoms. The van der Waals surface area contributed by atoms with E-state index in [1.807, 2.05) is 30.3 Å². The second-order valence-corrected chi connectivity index (χ2v) is 4.61. The van der Waals surface area contributed by atoms with Gasteiger partial charge in [-0.25, -0.2) is 4.79 Å². The lowest BCUT2D eigenvalue weighted by atomic mass is 10.3. The van der Waals surface area contributed by atoms with Gasteiger partial charge < -0.3 is 24.8 Å². The summed E-state index contributed by atoms with van der Waals surface area (Å²) in [5, 5.41) is 5.46. The van der Waals surface area contributed by atoms with Crippen LogP contribution in [0.1, 0.15) is 0 Å². The lowest BCUT2D eigenvalue weighted by molar-refractivity contribution is 0.173. The SMILES string of the molecule is O=C(NCCOc1ccc2c(c1)OCO2)Nc1ccccc1. The molecule has 114 valence electrons. The second-order valence-electron chi connectivity index (χ2n) is 4.61. The average molecular weight is 300 g/mol. The molecule has 0 fully saturated rings. The third kappa shape index (κ3) is 3.60. The van der Waals surface area contributed by atoms with Crippen molar-refractivity contribution < 1.29 is 19.0 Å². The summed E-state index contributed by atoms with van der Waals surface area (Å²) in [5.41, 5.74) is 0.747. The Kier molecular flexibility index (Phi) is 4.29. The minimum absolute atomic E-state index is 0.236. The number of para-hydroxylation sites is 1. The molecule has 1 aliphatic rings. The summed E-state index contributed by atoms with van der Waals surface area (Å²) in [4.78, 5) is 11.7. The predicted octanol–water partition coefficient (Wildman–Crippen LogP) is 2.62. The van der Waals surface area contributed by atoms with E-state index in [0.717, 1.165) is 5.69 Å². The first-order valence-electron chi connectivity index (χ1n) is 6.93. The number of benzene rings is 2. The fraction of sp³-hybridized carbons (Fsp3) is 0.188. The monoisotopic (exact) mass is 300 g/mol. The van der Waals surface area contributed by atoms with E-state index < -0.39 is 0 Å². The smallest absolute Gasteiger partial charge is 0.319 e. The molecule has 0 saturated carbocycles. The van der Waals surface area contributed by atoms with Crippen molar-refractivity contribution in [3.05, 3.63) is 48.5 Å². The molecule has 0 unspecified atom stereocenters. The first-order chi connectivity index (χ1) is 10.8. The number of rotatable bonds is 5. The summed E-state index contributed by atoms with van der Waals surface area (Å²) in [5.74, 6) is 2.06. The van der Waals surface area contributed by atoms with E-state index in [-0.39, 0.29) is 12.8 Å². The molecule has 1 aliphatic heterocycles. The molecule has 0 atom stereocenters. The molecule has 0 bridgehead atoms. The van der Waals surface area contributed by atoms with Crippen molar-refractivity contribution in [1.29, 1.82) is 0 Å². The highest BCUT2D eigenvalue weighted by atomic mass is 16.7. The van der Waals surface area contributed by atoms with Crippen molar-refractivity contribution in [2.24, 2.45) is 0 Å². The average Bonchev–Trinajstić information content (AvgIpc) is 3.00. The van der Waals surface area contributed by atoms with Crippen molar-refractivity contribution >= 4 is 11.7 Å². The molecule has 2 N–H and O–H groups in total. The van der Waals surface area contributed by atoms with E-state index >= 15 is 0 Å². The van der Waals surface area contributed by atoms with Gasteiger partial charge in [-0.3, -0.25) is 0 Å². The number of amides is 2. The third-order valence-corrected chi connectivity index (χ3v) is 3.03. The van der Waals surface area contributed by atoms with Crippen LogP contribution in [-0.2, 0) is 0 Å². The van der Waals surface area contributed by atoms with Crippen LogP contribution in [0, 0.1) is 0 Å². The first-order valence-corrected chi connectivity index (χ1v) is 6.93. The molecular formula is C16H16N2O4. The van der Waals surface area contributed by atoms with Crippen LogP contribution in [0.15, 0.2) is 48.5 Å². The lowest BCUT2D eigenvalue weighted by Crippen LogP contribution is -2.32. The lowest BCUT2D eigenvalue weighted by Gasteiger charge is -2.09. The molecule has 2 amide bonds. The Hall–Kier alpha value is -2.89. The van der Waals surface area contributed by atoms with Crippen LogP contribution < -0.4 is 24.8 Å². The van der Waals surface area contributed by atoms with Gasteiger partial charge in [0.2, 0.25) is 6.79 Å².